The Morgan fingerprint density at radius 2 is 1.98 bits per heavy atom. The fourth-order valence-corrected chi connectivity index (χ4v) is 7.05. The van der Waals surface area contributed by atoms with Gasteiger partial charge in [-0.05, 0) is 42.9 Å². The second-order valence-corrected chi connectivity index (χ2v) is 11.7. The van der Waals surface area contributed by atoms with Crippen LogP contribution < -0.4 is 5.32 Å². The molecule has 2 aliphatic heterocycles. The van der Waals surface area contributed by atoms with Crippen molar-refractivity contribution >= 4 is 17.7 Å². The summed E-state index contributed by atoms with van der Waals surface area (Å²) < 4.78 is 21.1. The summed E-state index contributed by atoms with van der Waals surface area (Å²) in [4.78, 5) is 45.0. The highest BCUT2D eigenvalue weighted by molar-refractivity contribution is 6.02. The smallest absolute Gasteiger partial charge is 0.255 e. The molecule has 1 aliphatic carbocycles. The number of carbonyl (C=O) groups is 3. The Kier molecular flexibility index (Phi) is 7.18. The fourth-order valence-electron chi connectivity index (χ4n) is 7.05. The Morgan fingerprint density at radius 1 is 1.19 bits per heavy atom. The average molecular weight is 576 g/mol. The molecule has 11 heteroatoms. The van der Waals surface area contributed by atoms with Crippen molar-refractivity contribution in [3.05, 3.63) is 70.4 Å². The third kappa shape index (κ3) is 4.60. The maximum Gasteiger partial charge on any atom is 0.255 e. The van der Waals surface area contributed by atoms with Gasteiger partial charge in [0.15, 0.2) is 0 Å². The molecule has 3 aliphatic rings. The lowest BCUT2D eigenvalue weighted by molar-refractivity contribution is -0.135. The van der Waals surface area contributed by atoms with E-state index in [-0.39, 0.29) is 30.6 Å². The van der Waals surface area contributed by atoms with Crippen molar-refractivity contribution in [2.24, 2.45) is 5.41 Å². The first-order chi connectivity index (χ1) is 20.2. The number of fused-ring (bicyclic) bond motifs is 4. The van der Waals surface area contributed by atoms with Crippen LogP contribution in [0.1, 0.15) is 72.1 Å². The zero-order chi connectivity index (χ0) is 29.6. The van der Waals surface area contributed by atoms with E-state index in [0.29, 0.717) is 62.3 Å². The van der Waals surface area contributed by atoms with Crippen LogP contribution in [0.5, 0.6) is 0 Å². The van der Waals surface area contributed by atoms with Gasteiger partial charge in [0, 0.05) is 53.7 Å². The Balaban J connectivity index is 1.20. The molecule has 220 valence electrons. The second kappa shape index (κ2) is 10.7. The molecule has 0 bridgehead atoms. The van der Waals surface area contributed by atoms with E-state index in [9.17, 15) is 19.5 Å². The van der Waals surface area contributed by atoms with E-state index >= 15 is 4.39 Å². The molecule has 3 heterocycles. The molecule has 2 atom stereocenters. The molecule has 0 spiro atoms. The molecule has 1 aromatic heterocycles. The first-order valence-electron chi connectivity index (χ1n) is 14.4. The number of aromatic nitrogens is 2. The maximum absolute atomic E-state index is 16.3. The van der Waals surface area contributed by atoms with Gasteiger partial charge >= 0.3 is 0 Å². The first kappa shape index (κ1) is 28.2. The lowest BCUT2D eigenvalue weighted by Gasteiger charge is -2.50. The Bertz CT molecular complexity index is 1540. The molecule has 3 aromatic rings. The molecule has 42 heavy (non-hydrogen) atoms. The summed E-state index contributed by atoms with van der Waals surface area (Å²) in [7, 11) is 0. The predicted octanol–water partition coefficient (Wildman–Crippen LogP) is 3.32. The van der Waals surface area contributed by atoms with Crippen LogP contribution in [0.25, 0.3) is 11.4 Å². The third-order valence-corrected chi connectivity index (χ3v) is 9.20. The lowest BCUT2D eigenvalue weighted by Crippen LogP contribution is -2.56. The van der Waals surface area contributed by atoms with E-state index in [4.69, 9.17) is 4.52 Å². The van der Waals surface area contributed by atoms with Crippen molar-refractivity contribution in [2.75, 3.05) is 19.6 Å². The van der Waals surface area contributed by atoms with Gasteiger partial charge in [-0.25, -0.2) is 4.39 Å². The highest BCUT2D eigenvalue weighted by Gasteiger charge is 2.60. The highest BCUT2D eigenvalue weighted by atomic mass is 19.1. The number of benzene rings is 2. The summed E-state index contributed by atoms with van der Waals surface area (Å²) >= 11 is 0. The van der Waals surface area contributed by atoms with Crippen LogP contribution >= 0.6 is 0 Å². The summed E-state index contributed by atoms with van der Waals surface area (Å²) in [5.74, 6) is -1.46. The highest BCUT2D eigenvalue weighted by Crippen LogP contribution is 2.58. The number of carbonyl (C=O) groups excluding carboxylic acids is 3. The topological polar surface area (TPSA) is 129 Å². The van der Waals surface area contributed by atoms with Gasteiger partial charge in [0.05, 0.1) is 6.54 Å². The van der Waals surface area contributed by atoms with Gasteiger partial charge in [0.2, 0.25) is 24.0 Å². The summed E-state index contributed by atoms with van der Waals surface area (Å²) in [6.07, 6.45) is 3.56. The van der Waals surface area contributed by atoms with Gasteiger partial charge in [-0.3, -0.25) is 24.6 Å². The summed E-state index contributed by atoms with van der Waals surface area (Å²) in [6, 6.07) is 9.66. The Labute approximate surface area is 242 Å². The van der Waals surface area contributed by atoms with Crippen molar-refractivity contribution in [2.45, 2.75) is 64.6 Å². The van der Waals surface area contributed by atoms with E-state index in [0.717, 1.165) is 11.1 Å². The molecule has 3 amide bonds. The number of hydrogen-bond acceptors (Lipinski definition) is 8. The monoisotopic (exact) mass is 575 g/mol. The number of rotatable bonds is 8. The van der Waals surface area contributed by atoms with Crippen LogP contribution in [-0.4, -0.2) is 62.4 Å². The van der Waals surface area contributed by atoms with Crippen molar-refractivity contribution in [3.8, 4) is 11.4 Å². The molecule has 2 N–H and O–H groups in total. The Morgan fingerprint density at radius 3 is 2.67 bits per heavy atom. The summed E-state index contributed by atoms with van der Waals surface area (Å²) in [5, 5.41) is 18.3. The molecule has 0 radical (unpaired) electrons. The minimum atomic E-state index is -1.37. The average Bonchev–Trinajstić information content (AvgIpc) is 3.66. The van der Waals surface area contributed by atoms with Gasteiger partial charge in [0.1, 0.15) is 18.0 Å². The van der Waals surface area contributed by atoms with Crippen LogP contribution in [-0.2, 0) is 34.7 Å². The maximum atomic E-state index is 16.3. The molecule has 1 unspecified atom stereocenters. The number of nitrogens with zero attached hydrogens (tertiary/aromatic N) is 4. The van der Waals surface area contributed by atoms with Crippen LogP contribution in [0.3, 0.4) is 0 Å². The molecule has 10 nitrogen and oxygen atoms in total. The number of likely N-dealkylation sites (tertiary alicyclic amines) is 1. The number of piperidine rings is 1. The normalized spacial score (nSPS) is 23.0. The van der Waals surface area contributed by atoms with Crippen LogP contribution in [0, 0.1) is 11.2 Å². The second-order valence-electron chi connectivity index (χ2n) is 11.7. The zero-order valence-corrected chi connectivity index (χ0v) is 23.8. The van der Waals surface area contributed by atoms with Gasteiger partial charge in [0.25, 0.3) is 5.91 Å². The molecule has 6 rings (SSSR count). The molecule has 1 saturated heterocycles. The van der Waals surface area contributed by atoms with Gasteiger partial charge in [-0.2, -0.15) is 4.98 Å². The molecule has 1 fully saturated rings. The van der Waals surface area contributed by atoms with E-state index in [2.05, 4.69) is 20.4 Å². The van der Waals surface area contributed by atoms with E-state index < -0.39 is 34.6 Å². The number of nitrogens with one attached hydrogen (secondary N) is 1. The quantitative estimate of drug-likeness (QED) is 0.419. The summed E-state index contributed by atoms with van der Waals surface area (Å²) in [5.41, 5.74) is 1.38. The number of amides is 3. The zero-order valence-electron chi connectivity index (χ0n) is 23.8. The van der Waals surface area contributed by atoms with Crippen LogP contribution in [0.4, 0.5) is 4.39 Å². The van der Waals surface area contributed by atoms with Crippen molar-refractivity contribution < 1.29 is 28.4 Å². The number of imide groups is 1. The Hall–Kier alpha value is -3.96. The SMILES string of the molecule is CCCC(=O)NC(=O)CN1Cc2c(cc3c(c2F)[C@]2(O)CCN(Cc4ccc(-c5ncon5)cc4)CC2(CC)C3)C1=O. The van der Waals surface area contributed by atoms with Crippen molar-refractivity contribution in [1.82, 2.24) is 25.3 Å². The van der Waals surface area contributed by atoms with Crippen LogP contribution in [0.15, 0.2) is 41.2 Å². The fraction of sp³-hybridized carbons (Fsp3) is 0.452. The molecular weight excluding hydrogens is 541 g/mol. The molecule has 2 aromatic carbocycles. The van der Waals surface area contributed by atoms with E-state index in [1.165, 1.54) is 11.3 Å². The van der Waals surface area contributed by atoms with Gasteiger partial charge in [-0.15, -0.1) is 0 Å². The largest absolute Gasteiger partial charge is 0.384 e. The summed E-state index contributed by atoms with van der Waals surface area (Å²) in [6.45, 7) is 5.28. The minimum Gasteiger partial charge on any atom is -0.384 e. The number of hydrogen-bond donors (Lipinski definition) is 2. The van der Waals surface area contributed by atoms with Gasteiger partial charge in [-0.1, -0.05) is 43.3 Å². The number of halogens is 1. The van der Waals surface area contributed by atoms with Crippen LogP contribution in [0.2, 0.25) is 0 Å². The minimum absolute atomic E-state index is 0.0795. The molecule has 0 saturated carbocycles. The molecular formula is C31H34FN5O5. The third-order valence-electron chi connectivity index (χ3n) is 9.20. The van der Waals surface area contributed by atoms with Crippen molar-refractivity contribution in [3.63, 3.8) is 0 Å². The first-order valence-corrected chi connectivity index (χ1v) is 14.4. The van der Waals surface area contributed by atoms with E-state index in [1.807, 2.05) is 38.1 Å². The number of aliphatic hydroxyl groups is 1. The predicted molar refractivity (Wildman–Crippen MR) is 149 cm³/mol. The van der Waals surface area contributed by atoms with Crippen molar-refractivity contribution in [1.29, 1.82) is 0 Å². The lowest BCUT2D eigenvalue weighted by atomic mass is 9.66. The standard InChI is InChI=1S/C31H34FN5O5/c1-3-5-24(38)34-25(39)16-37-15-23-22(29(37)40)12-21-13-30(4-2)17-36(11-10-31(30,41)26(21)27(23)32)14-19-6-8-20(9-7-19)28-33-18-42-35-28/h6-9,12,18,41H,3-5,10-11,13-17H2,1-2H3,(H,34,38,39)/t30?,31-/m1/s1. The van der Waals surface area contributed by atoms with Gasteiger partial charge < -0.3 is 14.5 Å². The van der Waals surface area contributed by atoms with E-state index in [1.54, 1.807) is 6.07 Å².